The predicted octanol–water partition coefficient (Wildman–Crippen LogP) is 2.46. The van der Waals surface area contributed by atoms with Gasteiger partial charge in [0.15, 0.2) is 0 Å². The lowest BCUT2D eigenvalue weighted by Gasteiger charge is -2.24. The second-order valence-electron chi connectivity index (χ2n) is 3.57. The standard InChI is InChI=1S/C11H12ClNO/c12-9-4-5-10-8(6-9)2-1-3-11(10)13-7-14/h4-7,11H,1-3H2,(H,13,14). The smallest absolute Gasteiger partial charge is 0.207 e. The lowest BCUT2D eigenvalue weighted by atomic mass is 9.88. The maximum Gasteiger partial charge on any atom is 0.207 e. The first-order valence-corrected chi connectivity index (χ1v) is 5.17. The van der Waals surface area contributed by atoms with Gasteiger partial charge < -0.3 is 5.32 Å². The van der Waals surface area contributed by atoms with Crippen molar-refractivity contribution in [3.05, 3.63) is 34.3 Å². The maximum absolute atomic E-state index is 10.4. The van der Waals surface area contributed by atoms with E-state index in [-0.39, 0.29) is 6.04 Å². The molecule has 1 aliphatic rings. The highest BCUT2D eigenvalue weighted by atomic mass is 35.5. The van der Waals surface area contributed by atoms with Gasteiger partial charge in [0, 0.05) is 5.02 Å². The molecule has 0 aliphatic heterocycles. The van der Waals surface area contributed by atoms with E-state index in [0.717, 1.165) is 30.7 Å². The lowest BCUT2D eigenvalue weighted by molar-refractivity contribution is -0.110. The molecule has 1 aromatic carbocycles. The van der Waals surface area contributed by atoms with Crippen molar-refractivity contribution in [2.45, 2.75) is 25.3 Å². The molecule has 0 bridgehead atoms. The summed E-state index contributed by atoms with van der Waals surface area (Å²) in [4.78, 5) is 10.4. The average molecular weight is 210 g/mol. The minimum absolute atomic E-state index is 0.175. The van der Waals surface area contributed by atoms with Crippen molar-refractivity contribution in [3.63, 3.8) is 0 Å². The van der Waals surface area contributed by atoms with Crippen molar-refractivity contribution in [2.24, 2.45) is 0 Å². The lowest BCUT2D eigenvalue weighted by Crippen LogP contribution is -2.23. The molecule has 0 aromatic heterocycles. The van der Waals surface area contributed by atoms with Crippen molar-refractivity contribution in [3.8, 4) is 0 Å². The van der Waals surface area contributed by atoms with E-state index < -0.39 is 0 Å². The second kappa shape index (κ2) is 4.01. The Morgan fingerprint density at radius 2 is 2.36 bits per heavy atom. The summed E-state index contributed by atoms with van der Waals surface area (Å²) in [5.41, 5.74) is 2.48. The van der Waals surface area contributed by atoms with Crippen molar-refractivity contribution in [2.75, 3.05) is 0 Å². The zero-order valence-corrected chi connectivity index (χ0v) is 8.55. The molecule has 0 fully saturated rings. The number of aryl methyl sites for hydroxylation is 1. The van der Waals surface area contributed by atoms with E-state index in [1.807, 2.05) is 18.2 Å². The number of halogens is 1. The van der Waals surface area contributed by atoms with Crippen LogP contribution in [0.4, 0.5) is 0 Å². The third kappa shape index (κ3) is 1.75. The summed E-state index contributed by atoms with van der Waals surface area (Å²) in [6, 6.07) is 6.06. The minimum atomic E-state index is 0.175. The van der Waals surface area contributed by atoms with Crippen molar-refractivity contribution >= 4 is 18.0 Å². The highest BCUT2D eigenvalue weighted by Crippen LogP contribution is 2.30. The molecule has 1 N–H and O–H groups in total. The zero-order chi connectivity index (χ0) is 9.97. The first kappa shape index (κ1) is 9.53. The molecule has 1 amide bonds. The fourth-order valence-corrected chi connectivity index (χ4v) is 2.23. The summed E-state index contributed by atoms with van der Waals surface area (Å²) < 4.78 is 0. The SMILES string of the molecule is O=CNC1CCCc2cc(Cl)ccc21. The Morgan fingerprint density at radius 1 is 1.50 bits per heavy atom. The van der Waals surface area contributed by atoms with Gasteiger partial charge in [0.25, 0.3) is 0 Å². The molecule has 14 heavy (non-hydrogen) atoms. The number of nitrogens with one attached hydrogen (secondary N) is 1. The van der Waals surface area contributed by atoms with Crippen molar-refractivity contribution in [1.82, 2.24) is 5.32 Å². The van der Waals surface area contributed by atoms with Crippen LogP contribution in [-0.2, 0) is 11.2 Å². The van der Waals surface area contributed by atoms with Crippen LogP contribution >= 0.6 is 11.6 Å². The van der Waals surface area contributed by atoms with Gasteiger partial charge in [0.1, 0.15) is 0 Å². The maximum atomic E-state index is 10.4. The van der Waals surface area contributed by atoms with Gasteiger partial charge in [-0.15, -0.1) is 0 Å². The first-order chi connectivity index (χ1) is 6.81. The Balaban J connectivity index is 2.34. The normalized spacial score (nSPS) is 19.9. The topological polar surface area (TPSA) is 29.1 Å². The number of benzene rings is 1. The van der Waals surface area contributed by atoms with E-state index in [1.165, 1.54) is 11.1 Å². The summed E-state index contributed by atoms with van der Waals surface area (Å²) in [6.45, 7) is 0. The highest BCUT2D eigenvalue weighted by molar-refractivity contribution is 6.30. The van der Waals surface area contributed by atoms with Crippen LogP contribution in [0.5, 0.6) is 0 Å². The molecule has 0 saturated carbocycles. The molecule has 1 aliphatic carbocycles. The number of fused-ring (bicyclic) bond motifs is 1. The molecule has 2 rings (SSSR count). The number of hydrogen-bond donors (Lipinski definition) is 1. The van der Waals surface area contributed by atoms with Crippen LogP contribution < -0.4 is 5.32 Å². The van der Waals surface area contributed by atoms with E-state index >= 15 is 0 Å². The fourth-order valence-electron chi connectivity index (χ4n) is 2.04. The second-order valence-corrected chi connectivity index (χ2v) is 4.01. The number of carbonyl (C=O) groups excluding carboxylic acids is 1. The van der Waals surface area contributed by atoms with Gasteiger partial charge in [-0.1, -0.05) is 17.7 Å². The van der Waals surface area contributed by atoms with E-state index in [4.69, 9.17) is 11.6 Å². The minimum Gasteiger partial charge on any atom is -0.352 e. The number of hydrogen-bond acceptors (Lipinski definition) is 1. The summed E-state index contributed by atoms with van der Waals surface area (Å²) in [7, 11) is 0. The van der Waals surface area contributed by atoms with Gasteiger partial charge in [0.05, 0.1) is 6.04 Å². The Labute approximate surface area is 88.3 Å². The molecule has 1 atom stereocenters. The third-order valence-corrected chi connectivity index (χ3v) is 2.92. The molecule has 3 heteroatoms. The Hall–Kier alpha value is -1.02. The summed E-state index contributed by atoms with van der Waals surface area (Å²) in [5, 5.41) is 3.61. The van der Waals surface area contributed by atoms with E-state index in [9.17, 15) is 4.79 Å². The van der Waals surface area contributed by atoms with Crippen molar-refractivity contribution < 1.29 is 4.79 Å². The summed E-state index contributed by atoms with van der Waals surface area (Å²) >= 11 is 5.91. The Bertz CT molecular complexity index is 351. The predicted molar refractivity (Wildman–Crippen MR) is 56.3 cm³/mol. The van der Waals surface area contributed by atoms with Gasteiger partial charge in [-0.25, -0.2) is 0 Å². The number of amides is 1. The molecule has 0 heterocycles. The third-order valence-electron chi connectivity index (χ3n) is 2.69. The first-order valence-electron chi connectivity index (χ1n) is 4.79. The highest BCUT2D eigenvalue weighted by Gasteiger charge is 2.19. The van der Waals surface area contributed by atoms with Crippen LogP contribution in [0.25, 0.3) is 0 Å². The molecule has 2 nitrogen and oxygen atoms in total. The summed E-state index contributed by atoms with van der Waals surface area (Å²) in [5.74, 6) is 0. The summed E-state index contributed by atoms with van der Waals surface area (Å²) in [6.07, 6.45) is 3.97. The van der Waals surface area contributed by atoms with Gasteiger partial charge >= 0.3 is 0 Å². The van der Waals surface area contributed by atoms with E-state index in [0.29, 0.717) is 0 Å². The molecule has 0 spiro atoms. The molecular formula is C11H12ClNO. The molecular weight excluding hydrogens is 198 g/mol. The number of rotatable bonds is 2. The van der Waals surface area contributed by atoms with Crippen LogP contribution in [0.15, 0.2) is 18.2 Å². The Morgan fingerprint density at radius 3 is 3.14 bits per heavy atom. The molecule has 0 saturated heterocycles. The molecule has 1 unspecified atom stereocenters. The van der Waals surface area contributed by atoms with Crippen LogP contribution in [0.3, 0.4) is 0 Å². The zero-order valence-electron chi connectivity index (χ0n) is 7.79. The van der Waals surface area contributed by atoms with Gasteiger partial charge in [0.2, 0.25) is 6.41 Å². The van der Waals surface area contributed by atoms with Crippen LogP contribution in [0.2, 0.25) is 5.02 Å². The van der Waals surface area contributed by atoms with Crippen LogP contribution in [0.1, 0.15) is 30.0 Å². The monoisotopic (exact) mass is 209 g/mol. The van der Waals surface area contributed by atoms with Gasteiger partial charge in [-0.05, 0) is 42.5 Å². The van der Waals surface area contributed by atoms with Crippen molar-refractivity contribution in [1.29, 1.82) is 0 Å². The molecule has 1 aromatic rings. The van der Waals surface area contributed by atoms with Crippen LogP contribution in [-0.4, -0.2) is 6.41 Å². The average Bonchev–Trinajstić information content (AvgIpc) is 2.18. The van der Waals surface area contributed by atoms with Crippen LogP contribution in [0, 0.1) is 0 Å². The fraction of sp³-hybridized carbons (Fsp3) is 0.364. The Kier molecular flexibility index (Phi) is 2.73. The number of carbonyl (C=O) groups is 1. The van der Waals surface area contributed by atoms with Gasteiger partial charge in [-0.2, -0.15) is 0 Å². The largest absolute Gasteiger partial charge is 0.352 e. The van der Waals surface area contributed by atoms with E-state index in [2.05, 4.69) is 5.32 Å². The molecule has 74 valence electrons. The quantitative estimate of drug-likeness (QED) is 0.745. The van der Waals surface area contributed by atoms with Gasteiger partial charge in [-0.3, -0.25) is 4.79 Å². The molecule has 0 radical (unpaired) electrons. The van der Waals surface area contributed by atoms with E-state index in [1.54, 1.807) is 0 Å².